The quantitative estimate of drug-likeness (QED) is 0.0956. The molecule has 1 heterocycles. The Kier molecular flexibility index (Phi) is 15.6. The zero-order valence-electron chi connectivity index (χ0n) is 21.7. The fourth-order valence-corrected chi connectivity index (χ4v) is 16.6. The van der Waals surface area contributed by atoms with Crippen LogP contribution < -0.4 is 0 Å². The molecule has 0 N–H and O–H groups in total. The van der Waals surface area contributed by atoms with Crippen LogP contribution in [0.1, 0.15) is 59.8 Å². The molecule has 0 aromatic rings. The van der Waals surface area contributed by atoms with Gasteiger partial charge >= 0.3 is 38.8 Å². The standard InChI is InChI=1S/C15H33F7N6O5P6/c1-5-11-30-36(19)24-34(16,15-9-10-29)23-35(17,18)25-37(20,31-12-6-2)27-39(22,33-14-8-4)28-38(21,26-36)32-13-7-3/h10H,5-9,11-15H2,1-4H3. The first-order chi connectivity index (χ1) is 18.0. The molecule has 0 aromatic heterocycles. The highest BCUT2D eigenvalue weighted by atomic mass is 31.3. The number of hydrogen-bond acceptors (Lipinski definition) is 11. The summed E-state index contributed by atoms with van der Waals surface area (Å²) in [5.41, 5.74) is 0. The molecule has 11 nitrogen and oxygen atoms in total. The lowest BCUT2D eigenvalue weighted by Gasteiger charge is -2.21. The largest absolute Gasteiger partial charge is 0.423 e. The van der Waals surface area contributed by atoms with Crippen molar-refractivity contribution in [2.24, 2.45) is 27.1 Å². The van der Waals surface area contributed by atoms with Crippen molar-refractivity contribution >= 4 is 52.6 Å². The summed E-state index contributed by atoms with van der Waals surface area (Å²) < 4.78 is 146. The molecule has 0 aliphatic carbocycles. The third kappa shape index (κ3) is 13.5. The predicted octanol–water partition coefficient (Wildman–Crippen LogP) is 12.8. The van der Waals surface area contributed by atoms with Crippen molar-refractivity contribution in [2.45, 2.75) is 59.8 Å². The predicted molar refractivity (Wildman–Crippen MR) is 144 cm³/mol. The summed E-state index contributed by atoms with van der Waals surface area (Å²) in [4.78, 5) is 10.9. The molecule has 0 aromatic carbocycles. The van der Waals surface area contributed by atoms with E-state index in [-0.39, 0.29) is 32.0 Å². The Labute approximate surface area is 224 Å². The molecule has 0 bridgehead atoms. The van der Waals surface area contributed by atoms with Gasteiger partial charge in [-0.3, -0.25) is 0 Å². The fourth-order valence-electron chi connectivity index (χ4n) is 2.32. The Hall–Kier alpha value is 0.400. The lowest BCUT2D eigenvalue weighted by atomic mass is 10.5. The second-order valence-electron chi connectivity index (χ2n) is 7.54. The third-order valence-corrected chi connectivity index (χ3v) is 17.6. The van der Waals surface area contributed by atoms with Crippen LogP contribution in [0.2, 0.25) is 0 Å². The van der Waals surface area contributed by atoms with Gasteiger partial charge in [0.05, 0.1) is 26.4 Å². The highest BCUT2D eigenvalue weighted by Gasteiger charge is 2.41. The van der Waals surface area contributed by atoms with Gasteiger partial charge in [0.25, 0.3) is 7.52 Å². The highest BCUT2D eigenvalue weighted by molar-refractivity contribution is 7.79. The second-order valence-corrected chi connectivity index (χ2v) is 19.3. The van der Waals surface area contributed by atoms with E-state index in [1.165, 1.54) is 27.7 Å². The number of carbonyl (C=O) groups is 1. The van der Waals surface area contributed by atoms with Crippen LogP contribution in [0, 0.1) is 0 Å². The Morgan fingerprint density at radius 1 is 0.538 bits per heavy atom. The van der Waals surface area contributed by atoms with Gasteiger partial charge in [0.2, 0.25) is 0 Å². The first-order valence-electron chi connectivity index (χ1n) is 11.8. The van der Waals surface area contributed by atoms with E-state index in [0.717, 1.165) is 0 Å². The number of halogens is 7. The van der Waals surface area contributed by atoms with Crippen LogP contribution in [0.25, 0.3) is 0 Å². The van der Waals surface area contributed by atoms with Crippen molar-refractivity contribution in [3.05, 3.63) is 0 Å². The van der Waals surface area contributed by atoms with E-state index < -0.39 is 85.3 Å². The number of carbonyl (C=O) groups excluding carboxylic acids is 1. The molecule has 0 spiro atoms. The van der Waals surface area contributed by atoms with Gasteiger partial charge in [-0.1, -0.05) is 27.7 Å². The van der Waals surface area contributed by atoms with E-state index in [0.29, 0.717) is 0 Å². The van der Waals surface area contributed by atoms with Crippen molar-refractivity contribution < 1.29 is 52.3 Å². The second kappa shape index (κ2) is 16.3. The molecule has 0 saturated carbocycles. The summed E-state index contributed by atoms with van der Waals surface area (Å²) >= 11 is 0. The van der Waals surface area contributed by atoms with E-state index in [2.05, 4.69) is 27.1 Å². The minimum Gasteiger partial charge on any atom is -0.303 e. The maximum Gasteiger partial charge on any atom is 0.423 e. The lowest BCUT2D eigenvalue weighted by molar-refractivity contribution is -0.107. The molecule has 1 rings (SSSR count). The van der Waals surface area contributed by atoms with E-state index in [4.69, 9.17) is 18.1 Å². The van der Waals surface area contributed by atoms with Crippen molar-refractivity contribution in [3.8, 4) is 0 Å². The van der Waals surface area contributed by atoms with E-state index in [1.807, 2.05) is 0 Å². The summed E-state index contributed by atoms with van der Waals surface area (Å²) in [6.45, 7) is 3.77. The van der Waals surface area contributed by atoms with Gasteiger partial charge in [-0.05, 0) is 25.7 Å². The zero-order chi connectivity index (χ0) is 29.8. The van der Waals surface area contributed by atoms with E-state index >= 15 is 21.0 Å². The molecular weight excluding hydrogens is 663 g/mol. The SMILES string of the molecule is CCCOP1(F)=NP(F)(CCC=O)=NP(F)(F)=NP(F)(OCCC)=NP(F)(OCCC)=NP(F)(OCCC)=N1. The Balaban J connectivity index is 4.41. The Bertz CT molecular complexity index is 1180. The minimum atomic E-state index is -6.46. The van der Waals surface area contributed by atoms with E-state index in [9.17, 15) is 13.2 Å². The molecule has 1 aliphatic heterocycles. The van der Waals surface area contributed by atoms with Gasteiger partial charge in [0.1, 0.15) is 6.29 Å². The van der Waals surface area contributed by atoms with Gasteiger partial charge in [-0.2, -0.15) is 30.0 Å². The van der Waals surface area contributed by atoms with Gasteiger partial charge in [-0.25, -0.2) is 0 Å². The fraction of sp³-hybridized carbons (Fsp3) is 0.933. The molecule has 0 fully saturated rings. The number of aldehydes is 1. The van der Waals surface area contributed by atoms with Crippen LogP contribution in [0.4, 0.5) is 29.4 Å². The molecule has 0 amide bonds. The molecule has 232 valence electrons. The average Bonchev–Trinajstić information content (AvgIpc) is 2.80. The van der Waals surface area contributed by atoms with Crippen LogP contribution >= 0.6 is 46.3 Å². The summed E-state index contributed by atoms with van der Waals surface area (Å²) in [5.74, 6) is 0. The number of rotatable bonds is 15. The van der Waals surface area contributed by atoms with Gasteiger partial charge in [0, 0.05) is 12.6 Å². The van der Waals surface area contributed by atoms with Crippen LogP contribution in [-0.4, -0.2) is 38.9 Å². The molecular formula is C15H33F7N6O5P6. The summed E-state index contributed by atoms with van der Waals surface area (Å²) in [7, 11) is -34.4. The lowest BCUT2D eigenvalue weighted by Crippen LogP contribution is -1.93. The Morgan fingerprint density at radius 2 is 0.872 bits per heavy atom. The normalized spacial score (nSPS) is 34.9. The minimum absolute atomic E-state index is 0.0376. The van der Waals surface area contributed by atoms with Gasteiger partial charge in [-0.15, -0.1) is 26.5 Å². The molecule has 1 aliphatic rings. The molecule has 5 atom stereocenters. The van der Waals surface area contributed by atoms with Crippen LogP contribution in [0.15, 0.2) is 27.1 Å². The topological polar surface area (TPSA) is 128 Å². The molecule has 0 saturated heterocycles. The van der Waals surface area contributed by atoms with Crippen molar-refractivity contribution in [3.63, 3.8) is 0 Å². The average molecular weight is 696 g/mol. The smallest absolute Gasteiger partial charge is 0.303 e. The van der Waals surface area contributed by atoms with Crippen LogP contribution in [-0.2, 0) is 22.9 Å². The molecule has 24 heteroatoms. The van der Waals surface area contributed by atoms with Gasteiger partial charge < -0.3 is 22.9 Å². The monoisotopic (exact) mass is 696 g/mol. The first-order valence-corrected chi connectivity index (χ1v) is 21.0. The molecule has 5 unspecified atom stereocenters. The van der Waals surface area contributed by atoms with Crippen molar-refractivity contribution in [1.82, 2.24) is 0 Å². The van der Waals surface area contributed by atoms with Crippen molar-refractivity contribution in [2.75, 3.05) is 32.6 Å². The summed E-state index contributed by atoms with van der Waals surface area (Å²) in [6, 6.07) is 0. The molecule has 0 radical (unpaired) electrons. The summed E-state index contributed by atoms with van der Waals surface area (Å²) in [5, 5.41) is 0. The first kappa shape index (κ1) is 37.4. The summed E-state index contributed by atoms with van der Waals surface area (Å²) in [6.07, 6.45) is -1.51. The van der Waals surface area contributed by atoms with Crippen molar-refractivity contribution in [1.29, 1.82) is 0 Å². The van der Waals surface area contributed by atoms with Crippen LogP contribution in [0.3, 0.4) is 0 Å². The zero-order valence-corrected chi connectivity index (χ0v) is 27.1. The Morgan fingerprint density at radius 3 is 1.21 bits per heavy atom. The van der Waals surface area contributed by atoms with Gasteiger partial charge in [0.15, 0.2) is 0 Å². The third-order valence-electron chi connectivity index (χ3n) is 3.74. The maximum atomic E-state index is 16.1. The van der Waals surface area contributed by atoms with Crippen LogP contribution in [0.5, 0.6) is 0 Å². The maximum absolute atomic E-state index is 16.1. The number of nitrogens with zero attached hydrogens (tertiary/aromatic N) is 6. The van der Waals surface area contributed by atoms with E-state index in [1.54, 1.807) is 0 Å². The highest BCUT2D eigenvalue weighted by Crippen LogP contribution is 2.82. The number of hydrogen-bond donors (Lipinski definition) is 0. The molecule has 39 heavy (non-hydrogen) atoms.